The zero-order valence-corrected chi connectivity index (χ0v) is 16.1. The first-order valence-corrected chi connectivity index (χ1v) is 9.43. The number of thiophene rings is 1. The molecule has 3 amide bonds. The number of aromatic amines is 1. The number of nitrogens with zero attached hydrogens (tertiary/aromatic N) is 2. The van der Waals surface area contributed by atoms with Crippen LogP contribution in [0, 0.1) is 4.77 Å². The van der Waals surface area contributed by atoms with Gasteiger partial charge in [0.25, 0.3) is 0 Å². The lowest BCUT2D eigenvalue weighted by Crippen LogP contribution is -2.24. The number of H-pyrrole nitrogens is 1. The Kier molecular flexibility index (Phi) is 5.99. The van der Waals surface area contributed by atoms with Crippen molar-refractivity contribution in [1.29, 1.82) is 0 Å². The predicted molar refractivity (Wildman–Crippen MR) is 108 cm³/mol. The Morgan fingerprint density at radius 3 is 2.70 bits per heavy atom. The van der Waals surface area contributed by atoms with Crippen LogP contribution in [-0.2, 0) is 11.3 Å². The van der Waals surface area contributed by atoms with Crippen LogP contribution in [0.3, 0.4) is 0 Å². The largest absolute Gasteiger partial charge is 0.341 e. The van der Waals surface area contributed by atoms with E-state index in [0.29, 0.717) is 22.7 Å². The van der Waals surface area contributed by atoms with E-state index >= 15 is 0 Å². The number of benzene rings is 1. The van der Waals surface area contributed by atoms with Gasteiger partial charge in [-0.05, 0) is 41.9 Å². The van der Waals surface area contributed by atoms with Crippen LogP contribution in [0.1, 0.15) is 6.42 Å². The number of aromatic nitrogens is 3. The summed E-state index contributed by atoms with van der Waals surface area (Å²) in [7, 11) is 1.53. The van der Waals surface area contributed by atoms with Gasteiger partial charge in [-0.1, -0.05) is 12.1 Å². The van der Waals surface area contributed by atoms with E-state index in [1.165, 1.54) is 7.05 Å². The van der Waals surface area contributed by atoms with Crippen LogP contribution in [0.4, 0.5) is 16.2 Å². The number of hydrogen-bond acceptors (Lipinski definition) is 5. The third-order valence-corrected chi connectivity index (χ3v) is 4.87. The Morgan fingerprint density at radius 1 is 1.22 bits per heavy atom. The van der Waals surface area contributed by atoms with Crippen LogP contribution in [0.15, 0.2) is 41.8 Å². The van der Waals surface area contributed by atoms with Crippen molar-refractivity contribution in [3.05, 3.63) is 46.5 Å². The molecular weight excluding hydrogens is 384 g/mol. The molecule has 0 bridgehead atoms. The van der Waals surface area contributed by atoms with Gasteiger partial charge in [-0.25, -0.2) is 4.79 Å². The highest BCUT2D eigenvalue weighted by Gasteiger charge is 2.12. The molecule has 27 heavy (non-hydrogen) atoms. The minimum atomic E-state index is -0.325. The molecule has 10 heteroatoms. The first-order valence-electron chi connectivity index (χ1n) is 8.14. The molecule has 0 fully saturated rings. The first-order chi connectivity index (χ1) is 13.1. The maximum Gasteiger partial charge on any atom is 0.318 e. The van der Waals surface area contributed by atoms with Crippen LogP contribution in [0.5, 0.6) is 0 Å². The first kappa shape index (κ1) is 18.8. The molecule has 0 aliphatic heterocycles. The Labute approximate surface area is 164 Å². The summed E-state index contributed by atoms with van der Waals surface area (Å²) < 4.78 is 2.28. The minimum absolute atomic E-state index is 0.160. The summed E-state index contributed by atoms with van der Waals surface area (Å²) in [6, 6.07) is 10.5. The van der Waals surface area contributed by atoms with Gasteiger partial charge in [0.2, 0.25) is 5.91 Å². The highest BCUT2D eigenvalue weighted by atomic mass is 32.1. The van der Waals surface area contributed by atoms with Gasteiger partial charge < -0.3 is 16.0 Å². The van der Waals surface area contributed by atoms with Crippen molar-refractivity contribution in [2.45, 2.75) is 13.0 Å². The molecule has 0 saturated heterocycles. The van der Waals surface area contributed by atoms with E-state index in [1.54, 1.807) is 35.6 Å². The summed E-state index contributed by atoms with van der Waals surface area (Å²) in [6.45, 7) is 0.407. The molecule has 0 unspecified atom stereocenters. The lowest BCUT2D eigenvalue weighted by molar-refractivity contribution is -0.116. The molecule has 0 radical (unpaired) electrons. The number of carbonyl (C=O) groups is 2. The average Bonchev–Trinajstić information content (AvgIpc) is 3.30. The maximum absolute atomic E-state index is 12.3. The Morgan fingerprint density at radius 2 is 2.00 bits per heavy atom. The van der Waals surface area contributed by atoms with Crippen molar-refractivity contribution in [3.63, 3.8) is 0 Å². The third-order valence-electron chi connectivity index (χ3n) is 3.69. The second-order valence-electron chi connectivity index (χ2n) is 5.56. The molecular formula is C17H18N6O2S2. The van der Waals surface area contributed by atoms with Gasteiger partial charge in [-0.3, -0.25) is 14.5 Å². The van der Waals surface area contributed by atoms with E-state index in [0.717, 1.165) is 10.7 Å². The predicted octanol–water partition coefficient (Wildman–Crippen LogP) is 3.45. The van der Waals surface area contributed by atoms with Crippen molar-refractivity contribution in [3.8, 4) is 10.7 Å². The van der Waals surface area contributed by atoms with Crippen LogP contribution in [0.25, 0.3) is 10.7 Å². The van der Waals surface area contributed by atoms with Crippen molar-refractivity contribution in [2.24, 2.45) is 0 Å². The van der Waals surface area contributed by atoms with Gasteiger partial charge in [0.05, 0.1) is 4.88 Å². The van der Waals surface area contributed by atoms with E-state index < -0.39 is 0 Å². The van der Waals surface area contributed by atoms with E-state index in [4.69, 9.17) is 12.2 Å². The second kappa shape index (κ2) is 8.60. The smallest absolute Gasteiger partial charge is 0.318 e. The number of nitrogens with one attached hydrogen (secondary N) is 4. The molecule has 0 atom stereocenters. The van der Waals surface area contributed by atoms with Gasteiger partial charge in [-0.15, -0.1) is 11.3 Å². The van der Waals surface area contributed by atoms with Crippen molar-refractivity contribution >= 4 is 46.9 Å². The standard InChI is InChI=1S/C17H18N6O2S2/c1-18-16(25)20-12-5-2-4-11(10-12)19-14(24)7-8-23-15(21-22-17(23)26)13-6-3-9-27-13/h2-6,9-10H,7-8H2,1H3,(H,19,24)(H,22,26)(H2,18,20,25). The highest BCUT2D eigenvalue weighted by molar-refractivity contribution is 7.71. The molecule has 3 aromatic rings. The summed E-state index contributed by atoms with van der Waals surface area (Å²) in [5, 5.41) is 16.9. The van der Waals surface area contributed by atoms with Gasteiger partial charge in [0.1, 0.15) is 0 Å². The fraction of sp³-hybridized carbons (Fsp3) is 0.176. The third kappa shape index (κ3) is 4.80. The van der Waals surface area contributed by atoms with Crippen LogP contribution in [-0.4, -0.2) is 33.8 Å². The van der Waals surface area contributed by atoms with Crippen LogP contribution >= 0.6 is 23.6 Å². The number of urea groups is 1. The van der Waals surface area contributed by atoms with Crippen molar-refractivity contribution in [2.75, 3.05) is 17.7 Å². The highest BCUT2D eigenvalue weighted by Crippen LogP contribution is 2.23. The summed E-state index contributed by atoms with van der Waals surface area (Å²) in [5.74, 6) is 0.562. The van der Waals surface area contributed by atoms with Gasteiger partial charge in [0.15, 0.2) is 10.6 Å². The van der Waals surface area contributed by atoms with E-state index in [-0.39, 0.29) is 18.4 Å². The summed E-state index contributed by atoms with van der Waals surface area (Å²) in [4.78, 5) is 24.7. The molecule has 0 aliphatic rings. The lowest BCUT2D eigenvalue weighted by atomic mass is 10.2. The van der Waals surface area contributed by atoms with Crippen molar-refractivity contribution in [1.82, 2.24) is 20.1 Å². The zero-order chi connectivity index (χ0) is 19.2. The Hall–Kier alpha value is -2.98. The minimum Gasteiger partial charge on any atom is -0.341 e. The molecule has 140 valence electrons. The summed E-state index contributed by atoms with van der Waals surface area (Å²) >= 11 is 6.83. The van der Waals surface area contributed by atoms with Gasteiger partial charge >= 0.3 is 6.03 Å². The van der Waals surface area contributed by atoms with Gasteiger partial charge in [-0.2, -0.15) is 5.10 Å². The zero-order valence-electron chi connectivity index (χ0n) is 14.5. The van der Waals surface area contributed by atoms with Crippen LogP contribution in [0.2, 0.25) is 0 Å². The Balaban J connectivity index is 1.63. The maximum atomic E-state index is 12.3. The monoisotopic (exact) mass is 402 g/mol. The van der Waals surface area contributed by atoms with E-state index in [2.05, 4.69) is 26.1 Å². The van der Waals surface area contributed by atoms with E-state index in [9.17, 15) is 9.59 Å². The fourth-order valence-corrected chi connectivity index (χ4v) is 3.37. The summed E-state index contributed by atoms with van der Waals surface area (Å²) in [6.07, 6.45) is 0.235. The van der Waals surface area contributed by atoms with E-state index in [1.807, 2.05) is 22.1 Å². The molecule has 0 saturated carbocycles. The molecule has 0 aliphatic carbocycles. The molecule has 2 heterocycles. The van der Waals surface area contributed by atoms with Crippen molar-refractivity contribution < 1.29 is 9.59 Å². The quantitative estimate of drug-likeness (QED) is 0.474. The van der Waals surface area contributed by atoms with Gasteiger partial charge in [0, 0.05) is 31.4 Å². The SMILES string of the molecule is CNC(=O)Nc1cccc(NC(=O)CCn2c(-c3cccs3)n[nH]c2=S)c1. The lowest BCUT2D eigenvalue weighted by Gasteiger charge is -2.09. The number of carbonyl (C=O) groups excluding carboxylic acids is 2. The molecule has 8 nitrogen and oxygen atoms in total. The number of rotatable bonds is 6. The number of hydrogen-bond donors (Lipinski definition) is 4. The number of anilines is 2. The molecule has 2 aromatic heterocycles. The average molecular weight is 403 g/mol. The molecule has 4 N–H and O–H groups in total. The topological polar surface area (TPSA) is 104 Å². The normalized spacial score (nSPS) is 10.4. The number of amides is 3. The fourth-order valence-electron chi connectivity index (χ4n) is 2.42. The molecule has 3 rings (SSSR count). The second-order valence-corrected chi connectivity index (χ2v) is 6.90. The molecule has 1 aromatic carbocycles. The van der Waals surface area contributed by atoms with Crippen LogP contribution < -0.4 is 16.0 Å². The summed E-state index contributed by atoms with van der Waals surface area (Å²) in [5.41, 5.74) is 1.19. The Bertz CT molecular complexity index is 993. The molecule has 0 spiro atoms.